The summed E-state index contributed by atoms with van der Waals surface area (Å²) in [5, 5.41) is 11.4. The quantitative estimate of drug-likeness (QED) is 0.415. The molecule has 0 saturated heterocycles. The number of hydrogen-bond donors (Lipinski definition) is 2. The lowest BCUT2D eigenvalue weighted by molar-refractivity contribution is -0.170. The van der Waals surface area contributed by atoms with Gasteiger partial charge < -0.3 is 9.73 Å². The molecule has 112 valence electrons. The van der Waals surface area contributed by atoms with E-state index in [-0.39, 0.29) is 5.91 Å². The Labute approximate surface area is 131 Å². The van der Waals surface area contributed by atoms with Crippen molar-refractivity contribution >= 4 is 33.5 Å². The fourth-order valence-electron chi connectivity index (χ4n) is 2.76. The Morgan fingerprint density at radius 3 is 2.70 bits per heavy atom. The molecule has 0 bridgehead atoms. The number of benzene rings is 3. The van der Waals surface area contributed by atoms with E-state index in [4.69, 9.17) is 14.8 Å². The molecule has 2 aliphatic rings. The number of rotatable bonds is 1. The molecule has 0 spiro atoms. The molecular weight excluding hydrogens is 290 g/mol. The predicted octanol–water partition coefficient (Wildman–Crippen LogP) is 1.70. The number of aromatic nitrogens is 1. The van der Waals surface area contributed by atoms with Crippen LogP contribution >= 0.6 is 0 Å². The van der Waals surface area contributed by atoms with E-state index in [2.05, 4.69) is 5.32 Å². The number of carbonyl (C=O) groups excluding carboxylic acids is 1. The Kier molecular flexibility index (Phi) is 2.87. The summed E-state index contributed by atoms with van der Waals surface area (Å²) in [5.41, 5.74) is 2.76. The number of fused-ring (bicyclic) bond motifs is 4. The standard InChI is InChI=1S/C18H13N3O2/c1-10(22)20-11-6-7-15-16(8-11)23-17-9-14(19)12-4-2-3-5-13(12)18(17)21-15/h2-9,19H,1H3,(H,20,22)/p+1. The average Bonchev–Trinajstić information content (AvgIpc) is 2.53. The summed E-state index contributed by atoms with van der Waals surface area (Å²) in [6.07, 6.45) is 0. The molecule has 0 atom stereocenters. The van der Waals surface area contributed by atoms with Crippen molar-refractivity contribution in [3.05, 3.63) is 53.9 Å². The van der Waals surface area contributed by atoms with E-state index in [1.54, 1.807) is 18.2 Å². The highest BCUT2D eigenvalue weighted by molar-refractivity contribution is 5.97. The summed E-state index contributed by atoms with van der Waals surface area (Å²) in [6.45, 7) is 1.47. The van der Waals surface area contributed by atoms with Gasteiger partial charge in [0, 0.05) is 24.1 Å². The maximum Gasteiger partial charge on any atom is 0.221 e. The van der Waals surface area contributed by atoms with Crippen LogP contribution in [0, 0.1) is 0 Å². The van der Waals surface area contributed by atoms with Gasteiger partial charge in [0.25, 0.3) is 0 Å². The highest BCUT2D eigenvalue weighted by Crippen LogP contribution is 2.30. The molecule has 0 fully saturated rings. The third-order valence-corrected chi connectivity index (χ3v) is 3.75. The van der Waals surface area contributed by atoms with Crippen LogP contribution in [-0.4, -0.2) is 10.9 Å². The highest BCUT2D eigenvalue weighted by atomic mass is 16.3. The number of nitrogens with two attached hydrogens (primary N) is 1. The van der Waals surface area contributed by atoms with Crippen LogP contribution in [0.4, 0.5) is 5.69 Å². The van der Waals surface area contributed by atoms with Gasteiger partial charge in [-0.3, -0.25) is 10.2 Å². The van der Waals surface area contributed by atoms with Gasteiger partial charge in [-0.1, -0.05) is 18.2 Å². The van der Waals surface area contributed by atoms with Crippen LogP contribution in [0.25, 0.3) is 33.3 Å². The van der Waals surface area contributed by atoms with E-state index < -0.39 is 0 Å². The van der Waals surface area contributed by atoms with E-state index in [1.165, 1.54) is 6.92 Å². The first-order valence-electron chi connectivity index (χ1n) is 7.24. The first-order chi connectivity index (χ1) is 11.1. The fraction of sp³-hybridized carbons (Fsp3) is 0.0556. The second-order valence-electron chi connectivity index (χ2n) is 5.44. The molecule has 1 heterocycles. The Balaban J connectivity index is 2.05. The zero-order valence-electron chi connectivity index (χ0n) is 12.5. The molecule has 1 amide bonds. The van der Waals surface area contributed by atoms with Crippen molar-refractivity contribution in [3.8, 4) is 11.5 Å². The minimum atomic E-state index is -0.131. The first kappa shape index (κ1) is 13.5. The minimum Gasteiger partial charge on any atom is -0.452 e. The molecule has 2 aromatic rings. The lowest BCUT2D eigenvalue weighted by atomic mass is 10.0. The van der Waals surface area contributed by atoms with Gasteiger partial charge in [-0.25, -0.2) is 4.98 Å². The van der Waals surface area contributed by atoms with Crippen molar-refractivity contribution in [1.29, 1.82) is 0 Å². The van der Waals surface area contributed by atoms with Crippen molar-refractivity contribution in [2.45, 2.75) is 6.92 Å². The summed E-state index contributed by atoms with van der Waals surface area (Å²) in [4.78, 5) is 15.9. The van der Waals surface area contributed by atoms with Crippen LogP contribution in [0.15, 0.2) is 52.9 Å². The molecule has 5 nitrogen and oxygen atoms in total. The van der Waals surface area contributed by atoms with Crippen LogP contribution in [0.5, 0.6) is 0 Å². The average molecular weight is 304 g/mol. The van der Waals surface area contributed by atoms with Crippen LogP contribution in [0.2, 0.25) is 0 Å². The normalized spacial score (nSPS) is 11.2. The molecular formula is C18H14N3O2+. The van der Waals surface area contributed by atoms with Gasteiger partial charge in [-0.05, 0) is 18.2 Å². The zero-order valence-corrected chi connectivity index (χ0v) is 12.5. The maximum atomic E-state index is 11.2. The molecule has 0 aromatic heterocycles. The van der Waals surface area contributed by atoms with E-state index >= 15 is 0 Å². The van der Waals surface area contributed by atoms with Gasteiger partial charge in [0.2, 0.25) is 11.3 Å². The number of anilines is 1. The van der Waals surface area contributed by atoms with Gasteiger partial charge in [0.15, 0.2) is 11.3 Å². The topological polar surface area (TPSA) is 80.7 Å². The van der Waals surface area contributed by atoms with E-state index in [0.717, 1.165) is 22.0 Å². The Morgan fingerprint density at radius 2 is 1.91 bits per heavy atom. The molecule has 1 aliphatic heterocycles. The summed E-state index contributed by atoms with van der Waals surface area (Å²) >= 11 is 0. The van der Waals surface area contributed by atoms with Crippen LogP contribution in [0.1, 0.15) is 6.92 Å². The minimum absolute atomic E-state index is 0.131. The Bertz CT molecular complexity index is 1100. The van der Waals surface area contributed by atoms with Crippen molar-refractivity contribution in [3.63, 3.8) is 0 Å². The highest BCUT2D eigenvalue weighted by Gasteiger charge is 2.16. The lowest BCUT2D eigenvalue weighted by Gasteiger charge is -2.09. The molecule has 2 aromatic carbocycles. The fourth-order valence-corrected chi connectivity index (χ4v) is 2.76. The molecule has 0 radical (unpaired) electrons. The number of nitrogens with zero attached hydrogens (tertiary/aromatic N) is 1. The molecule has 3 N–H and O–H groups in total. The number of nitrogens with one attached hydrogen (secondary N) is 1. The first-order valence-corrected chi connectivity index (χ1v) is 7.24. The molecule has 0 unspecified atom stereocenters. The number of carbonyl (C=O) groups is 1. The van der Waals surface area contributed by atoms with Gasteiger partial charge in [-0.2, -0.15) is 0 Å². The summed E-state index contributed by atoms with van der Waals surface area (Å²) < 4.78 is 5.96. The smallest absolute Gasteiger partial charge is 0.221 e. The van der Waals surface area contributed by atoms with E-state index in [9.17, 15) is 4.79 Å². The van der Waals surface area contributed by atoms with Gasteiger partial charge in [0.1, 0.15) is 11.2 Å². The molecule has 0 saturated carbocycles. The van der Waals surface area contributed by atoms with E-state index in [1.807, 2.05) is 30.3 Å². The Morgan fingerprint density at radius 1 is 1.13 bits per heavy atom. The monoisotopic (exact) mass is 304 g/mol. The van der Waals surface area contributed by atoms with Crippen LogP contribution in [0.3, 0.4) is 0 Å². The van der Waals surface area contributed by atoms with Crippen LogP contribution < -0.4 is 16.1 Å². The molecule has 5 heteroatoms. The lowest BCUT2D eigenvalue weighted by Crippen LogP contribution is -2.45. The summed E-state index contributed by atoms with van der Waals surface area (Å²) in [6, 6.07) is 15.0. The number of hydrogen-bond acceptors (Lipinski definition) is 3. The summed E-state index contributed by atoms with van der Waals surface area (Å²) in [7, 11) is 0. The van der Waals surface area contributed by atoms with Crippen molar-refractivity contribution in [1.82, 2.24) is 4.98 Å². The van der Waals surface area contributed by atoms with Gasteiger partial charge in [0.05, 0.1) is 11.5 Å². The zero-order chi connectivity index (χ0) is 16.0. The van der Waals surface area contributed by atoms with Crippen molar-refractivity contribution in [2.24, 2.45) is 0 Å². The second-order valence-corrected chi connectivity index (χ2v) is 5.44. The molecule has 23 heavy (non-hydrogen) atoms. The van der Waals surface area contributed by atoms with Gasteiger partial charge >= 0.3 is 0 Å². The Hall–Kier alpha value is -3.21. The molecule has 1 aliphatic carbocycles. The van der Waals surface area contributed by atoms with Crippen molar-refractivity contribution < 1.29 is 14.6 Å². The van der Waals surface area contributed by atoms with Crippen molar-refractivity contribution in [2.75, 3.05) is 5.32 Å². The third-order valence-electron chi connectivity index (χ3n) is 3.75. The number of amides is 1. The van der Waals surface area contributed by atoms with Gasteiger partial charge in [-0.15, -0.1) is 0 Å². The summed E-state index contributed by atoms with van der Waals surface area (Å²) in [5.74, 6) is 0.488. The second kappa shape index (κ2) is 4.91. The third kappa shape index (κ3) is 2.23. The predicted molar refractivity (Wildman–Crippen MR) is 87.5 cm³/mol. The van der Waals surface area contributed by atoms with Crippen LogP contribution in [-0.2, 0) is 4.79 Å². The SMILES string of the molecule is CC(=O)Nc1ccc2nc3c4ccccc4c(=[NH2+])cc-3oc2c1. The van der Waals surface area contributed by atoms with E-state index in [0.29, 0.717) is 22.4 Å². The largest absolute Gasteiger partial charge is 0.452 e. The molecule has 4 rings (SSSR count). The maximum absolute atomic E-state index is 11.2.